The molecule has 9 nitrogen and oxygen atoms in total. The summed E-state index contributed by atoms with van der Waals surface area (Å²) in [4.78, 5) is 50.2. The number of nitrogens with one attached hydrogen (secondary N) is 1. The summed E-state index contributed by atoms with van der Waals surface area (Å²) in [6.07, 6.45) is -2.21. The molecule has 0 radical (unpaired) electrons. The number of ether oxygens (including phenoxy) is 3. The third kappa shape index (κ3) is 5.07. The van der Waals surface area contributed by atoms with Crippen LogP contribution in [0.5, 0.6) is 0 Å². The molecule has 3 aromatic rings. The van der Waals surface area contributed by atoms with Crippen LogP contribution in [0.1, 0.15) is 33.4 Å². The van der Waals surface area contributed by atoms with E-state index in [0.29, 0.717) is 11.1 Å². The topological polar surface area (TPSA) is 117 Å². The molecule has 1 saturated heterocycles. The standard InChI is InChI=1S/C23H19FN2O7/c24-16-12-26(23(30)25-20(16)27)19-11-17(33-22(29)15-9-5-2-6-10-15)18(32-19)13-31-21(28)14-7-3-1-4-8-14/h1-10,12,17-19H,11,13H2,(H,25,27,30)/t17-,18-,19+/m1/s1. The van der Waals surface area contributed by atoms with Crippen molar-refractivity contribution < 1.29 is 28.2 Å². The first kappa shape index (κ1) is 22.2. The van der Waals surface area contributed by atoms with E-state index in [1.165, 1.54) is 0 Å². The lowest BCUT2D eigenvalue weighted by atomic mass is 10.1. The highest BCUT2D eigenvalue weighted by Crippen LogP contribution is 2.31. The van der Waals surface area contributed by atoms with Gasteiger partial charge in [0.1, 0.15) is 25.0 Å². The molecule has 1 N–H and O–H groups in total. The minimum atomic E-state index is -1.17. The predicted molar refractivity (Wildman–Crippen MR) is 112 cm³/mol. The van der Waals surface area contributed by atoms with Crippen molar-refractivity contribution in [2.75, 3.05) is 6.61 Å². The molecule has 0 aliphatic carbocycles. The lowest BCUT2D eigenvalue weighted by Crippen LogP contribution is -2.34. The second-order valence-electron chi connectivity index (χ2n) is 7.28. The maximum atomic E-state index is 13.8. The van der Waals surface area contributed by atoms with Crippen LogP contribution in [-0.2, 0) is 14.2 Å². The second kappa shape index (κ2) is 9.61. The molecular weight excluding hydrogens is 435 g/mol. The maximum absolute atomic E-state index is 13.8. The first-order chi connectivity index (χ1) is 15.9. The van der Waals surface area contributed by atoms with Gasteiger partial charge in [0, 0.05) is 6.42 Å². The highest BCUT2D eigenvalue weighted by Gasteiger charge is 2.40. The van der Waals surface area contributed by atoms with E-state index >= 15 is 0 Å². The van der Waals surface area contributed by atoms with Gasteiger partial charge in [-0.05, 0) is 24.3 Å². The van der Waals surface area contributed by atoms with Crippen LogP contribution < -0.4 is 11.2 Å². The van der Waals surface area contributed by atoms with E-state index in [1.807, 2.05) is 4.98 Å². The number of aromatic nitrogens is 2. The Hall–Kier alpha value is -4.05. The first-order valence-corrected chi connectivity index (χ1v) is 10.1. The van der Waals surface area contributed by atoms with E-state index in [1.54, 1.807) is 60.7 Å². The van der Waals surface area contributed by atoms with Crippen molar-refractivity contribution in [1.29, 1.82) is 0 Å². The van der Waals surface area contributed by atoms with Gasteiger partial charge in [0.15, 0.2) is 0 Å². The molecule has 170 valence electrons. The Morgan fingerprint density at radius 2 is 1.61 bits per heavy atom. The largest absolute Gasteiger partial charge is 0.459 e. The minimum Gasteiger partial charge on any atom is -0.459 e. The van der Waals surface area contributed by atoms with Crippen LogP contribution in [0.3, 0.4) is 0 Å². The maximum Gasteiger partial charge on any atom is 0.338 e. The number of esters is 2. The Morgan fingerprint density at radius 3 is 2.24 bits per heavy atom. The van der Waals surface area contributed by atoms with Crippen LogP contribution >= 0.6 is 0 Å². The van der Waals surface area contributed by atoms with Crippen molar-refractivity contribution in [3.05, 3.63) is 105 Å². The van der Waals surface area contributed by atoms with Gasteiger partial charge < -0.3 is 14.2 Å². The van der Waals surface area contributed by atoms with Crippen molar-refractivity contribution in [2.24, 2.45) is 0 Å². The molecular formula is C23H19FN2O7. The van der Waals surface area contributed by atoms with E-state index in [9.17, 15) is 23.6 Å². The molecule has 2 aromatic carbocycles. The number of nitrogens with zero attached hydrogens (tertiary/aromatic N) is 1. The normalized spacial score (nSPS) is 19.7. The molecule has 1 aliphatic rings. The number of hydrogen-bond acceptors (Lipinski definition) is 7. The summed E-state index contributed by atoms with van der Waals surface area (Å²) in [5.74, 6) is -2.41. The van der Waals surface area contributed by atoms with E-state index in [0.717, 1.165) is 10.8 Å². The number of halogens is 1. The van der Waals surface area contributed by atoms with E-state index in [-0.39, 0.29) is 13.0 Å². The minimum absolute atomic E-state index is 0.0302. The molecule has 0 amide bonds. The molecule has 0 spiro atoms. The quantitative estimate of drug-likeness (QED) is 0.567. The van der Waals surface area contributed by atoms with Gasteiger partial charge >= 0.3 is 17.6 Å². The monoisotopic (exact) mass is 454 g/mol. The van der Waals surface area contributed by atoms with Crippen molar-refractivity contribution in [1.82, 2.24) is 9.55 Å². The Balaban J connectivity index is 1.53. The lowest BCUT2D eigenvalue weighted by Gasteiger charge is -2.19. The molecule has 0 saturated carbocycles. The van der Waals surface area contributed by atoms with E-state index < -0.39 is 47.4 Å². The lowest BCUT2D eigenvalue weighted by molar-refractivity contribution is -0.0584. The fourth-order valence-electron chi connectivity index (χ4n) is 3.42. The summed E-state index contributed by atoms with van der Waals surface area (Å²) in [5.41, 5.74) is -1.42. The smallest absolute Gasteiger partial charge is 0.338 e. The van der Waals surface area contributed by atoms with E-state index in [2.05, 4.69) is 0 Å². The Bertz CT molecular complexity index is 1260. The molecule has 1 aromatic heterocycles. The third-order valence-corrected chi connectivity index (χ3v) is 5.07. The Kier molecular flexibility index (Phi) is 6.45. The molecule has 10 heteroatoms. The van der Waals surface area contributed by atoms with Crippen molar-refractivity contribution in [3.63, 3.8) is 0 Å². The Labute approximate surface area is 186 Å². The van der Waals surface area contributed by atoms with Gasteiger partial charge in [0.25, 0.3) is 5.56 Å². The van der Waals surface area contributed by atoms with Gasteiger partial charge in [-0.3, -0.25) is 14.3 Å². The summed E-state index contributed by atoms with van der Waals surface area (Å²) in [5, 5.41) is 0. The van der Waals surface area contributed by atoms with Crippen LogP contribution in [0.15, 0.2) is 76.4 Å². The van der Waals surface area contributed by atoms with Gasteiger partial charge in [-0.25, -0.2) is 14.4 Å². The third-order valence-electron chi connectivity index (χ3n) is 5.07. The van der Waals surface area contributed by atoms with Crippen LogP contribution in [0.2, 0.25) is 0 Å². The number of benzene rings is 2. The average molecular weight is 454 g/mol. The van der Waals surface area contributed by atoms with Gasteiger partial charge in [-0.2, -0.15) is 4.39 Å². The number of carbonyl (C=O) groups excluding carboxylic acids is 2. The van der Waals surface area contributed by atoms with Gasteiger partial charge in [-0.15, -0.1) is 0 Å². The number of rotatable bonds is 6. The summed E-state index contributed by atoms with van der Waals surface area (Å²) < 4.78 is 31.3. The fourth-order valence-corrected chi connectivity index (χ4v) is 3.42. The van der Waals surface area contributed by atoms with Gasteiger partial charge in [0.05, 0.1) is 17.3 Å². The van der Waals surface area contributed by atoms with E-state index in [4.69, 9.17) is 14.2 Å². The second-order valence-corrected chi connectivity index (χ2v) is 7.28. The SMILES string of the molecule is O=C(OC[C@H]1O[C@H](n2cc(F)c(=O)[nH]c2=O)C[C@H]1OC(=O)c1ccccc1)c1ccccc1. The molecule has 3 atom stereocenters. The number of hydrogen-bond donors (Lipinski definition) is 1. The molecule has 0 bridgehead atoms. The Morgan fingerprint density at radius 1 is 1.00 bits per heavy atom. The zero-order valence-corrected chi connectivity index (χ0v) is 17.2. The van der Waals surface area contributed by atoms with Crippen molar-refractivity contribution in [3.8, 4) is 0 Å². The van der Waals surface area contributed by atoms with Crippen molar-refractivity contribution in [2.45, 2.75) is 24.9 Å². The van der Waals surface area contributed by atoms with Crippen LogP contribution in [-0.4, -0.2) is 40.3 Å². The molecule has 0 unspecified atom stereocenters. The highest BCUT2D eigenvalue weighted by atomic mass is 19.1. The molecule has 2 heterocycles. The summed E-state index contributed by atoms with van der Waals surface area (Å²) in [7, 11) is 0. The predicted octanol–water partition coefficient (Wildman–Crippen LogP) is 2.05. The molecule has 33 heavy (non-hydrogen) atoms. The van der Waals surface area contributed by atoms with Crippen LogP contribution in [0.25, 0.3) is 0 Å². The van der Waals surface area contributed by atoms with Crippen LogP contribution in [0.4, 0.5) is 4.39 Å². The fraction of sp³-hybridized carbons (Fsp3) is 0.217. The van der Waals surface area contributed by atoms with Gasteiger partial charge in [-0.1, -0.05) is 36.4 Å². The highest BCUT2D eigenvalue weighted by molar-refractivity contribution is 5.90. The zero-order chi connectivity index (χ0) is 23.4. The van der Waals surface area contributed by atoms with Crippen LogP contribution in [0, 0.1) is 5.82 Å². The zero-order valence-electron chi connectivity index (χ0n) is 17.2. The molecule has 1 aliphatic heterocycles. The molecule has 1 fully saturated rings. The summed E-state index contributed by atoms with van der Waals surface area (Å²) in [6.45, 7) is -0.280. The first-order valence-electron chi connectivity index (χ1n) is 10.1. The van der Waals surface area contributed by atoms with Crippen molar-refractivity contribution >= 4 is 11.9 Å². The number of H-pyrrole nitrogens is 1. The summed E-state index contributed by atoms with van der Waals surface area (Å²) >= 11 is 0. The average Bonchev–Trinajstić information content (AvgIpc) is 3.23. The number of carbonyl (C=O) groups is 2. The van der Waals surface area contributed by atoms with Gasteiger partial charge in [0.2, 0.25) is 5.82 Å². The molecule has 4 rings (SSSR count). The summed E-state index contributed by atoms with van der Waals surface area (Å²) in [6, 6.07) is 16.5. The number of aromatic amines is 1.